The highest BCUT2D eigenvalue weighted by atomic mass is 16.5. The van der Waals surface area contributed by atoms with E-state index in [0.717, 1.165) is 57.8 Å². The molecule has 0 amide bonds. The van der Waals surface area contributed by atoms with Crippen molar-refractivity contribution < 1.29 is 9.53 Å². The van der Waals surface area contributed by atoms with Crippen LogP contribution in [0.15, 0.2) is 11.3 Å². The van der Waals surface area contributed by atoms with Gasteiger partial charge in [-0.05, 0) is 56.4 Å². The summed E-state index contributed by atoms with van der Waals surface area (Å²) in [5, 5.41) is 8.63. The van der Waals surface area contributed by atoms with Crippen LogP contribution in [-0.4, -0.2) is 11.9 Å². The van der Waals surface area contributed by atoms with Crippen LogP contribution >= 0.6 is 0 Å². The van der Waals surface area contributed by atoms with Gasteiger partial charge in [-0.25, -0.2) is 0 Å². The van der Waals surface area contributed by atoms with E-state index in [-0.39, 0.29) is 5.41 Å². The van der Waals surface area contributed by atoms with Gasteiger partial charge in [0.25, 0.3) is 0 Å². The fraction of sp³-hybridized carbons (Fsp3) is 0.778. The summed E-state index contributed by atoms with van der Waals surface area (Å²) in [6.45, 7) is 2.18. The van der Waals surface area contributed by atoms with E-state index in [1.807, 2.05) is 0 Å². The van der Waals surface area contributed by atoms with E-state index < -0.39 is 0 Å². The van der Waals surface area contributed by atoms with Gasteiger partial charge in [-0.1, -0.05) is 6.92 Å². The number of ether oxygens (including phenoxy) is 1. The molecule has 0 spiro atoms. The Kier molecular flexibility index (Phi) is 4.06. The molecule has 21 heavy (non-hydrogen) atoms. The van der Waals surface area contributed by atoms with Crippen molar-refractivity contribution in [2.75, 3.05) is 0 Å². The van der Waals surface area contributed by atoms with Gasteiger partial charge < -0.3 is 4.74 Å². The zero-order valence-electron chi connectivity index (χ0n) is 13.0. The molecule has 0 aromatic carbocycles. The third-order valence-corrected chi connectivity index (χ3v) is 5.81. The summed E-state index contributed by atoms with van der Waals surface area (Å²) in [5.41, 5.74) is 1.34. The van der Waals surface area contributed by atoms with Crippen molar-refractivity contribution in [3.05, 3.63) is 11.3 Å². The predicted octanol–water partition coefficient (Wildman–Crippen LogP) is 4.28. The Bertz CT molecular complexity index is 502. The van der Waals surface area contributed by atoms with Gasteiger partial charge in [-0.15, -0.1) is 0 Å². The second-order valence-electron chi connectivity index (χ2n) is 7.06. The van der Waals surface area contributed by atoms with Crippen LogP contribution in [0.5, 0.6) is 0 Å². The maximum absolute atomic E-state index is 12.4. The maximum Gasteiger partial charge on any atom is 0.139 e. The third kappa shape index (κ3) is 2.61. The average molecular weight is 287 g/mol. The van der Waals surface area contributed by atoms with Crippen LogP contribution in [0.1, 0.15) is 71.1 Å². The van der Waals surface area contributed by atoms with Crippen molar-refractivity contribution in [3.63, 3.8) is 0 Å². The molecule has 3 unspecified atom stereocenters. The molecule has 0 N–H and O–H groups in total. The summed E-state index contributed by atoms with van der Waals surface area (Å²) >= 11 is 0. The molecule has 3 nitrogen and oxygen atoms in total. The molecule has 0 saturated heterocycles. The molecule has 0 radical (unpaired) electrons. The first-order chi connectivity index (χ1) is 10.1. The number of unbranched alkanes of at least 4 members (excludes halogenated alkanes) is 1. The number of carbonyl (C=O) groups excluding carboxylic acids is 1. The molecule has 1 heterocycles. The van der Waals surface area contributed by atoms with Gasteiger partial charge in [0.05, 0.1) is 17.9 Å². The molecule has 1 aliphatic heterocycles. The van der Waals surface area contributed by atoms with E-state index >= 15 is 0 Å². The van der Waals surface area contributed by atoms with E-state index in [1.54, 1.807) is 0 Å². The first-order valence-corrected chi connectivity index (χ1v) is 8.44. The van der Waals surface area contributed by atoms with Crippen LogP contribution in [-0.2, 0) is 9.53 Å². The Hall–Kier alpha value is -1.30. The smallest absolute Gasteiger partial charge is 0.139 e. The van der Waals surface area contributed by atoms with Gasteiger partial charge in [-0.2, -0.15) is 5.26 Å². The lowest BCUT2D eigenvalue weighted by Gasteiger charge is -2.47. The largest absolute Gasteiger partial charge is 0.495 e. The van der Waals surface area contributed by atoms with Crippen molar-refractivity contribution in [3.8, 4) is 6.07 Å². The molecule has 2 aliphatic carbocycles. The average Bonchev–Trinajstić information content (AvgIpc) is 2.49. The van der Waals surface area contributed by atoms with Crippen molar-refractivity contribution in [1.29, 1.82) is 5.26 Å². The molecule has 0 bridgehead atoms. The van der Waals surface area contributed by atoms with Crippen LogP contribution in [0.3, 0.4) is 0 Å². The zero-order valence-corrected chi connectivity index (χ0v) is 13.0. The quantitative estimate of drug-likeness (QED) is 0.728. The summed E-state index contributed by atoms with van der Waals surface area (Å²) in [4.78, 5) is 12.4. The number of hydrogen-bond acceptors (Lipinski definition) is 3. The van der Waals surface area contributed by atoms with E-state index in [0.29, 0.717) is 24.2 Å². The van der Waals surface area contributed by atoms with Gasteiger partial charge in [0.1, 0.15) is 5.78 Å². The molecular weight excluding hydrogens is 262 g/mol. The van der Waals surface area contributed by atoms with Crippen molar-refractivity contribution in [2.45, 2.75) is 77.2 Å². The minimum Gasteiger partial charge on any atom is -0.495 e. The molecule has 3 atom stereocenters. The second kappa shape index (κ2) is 5.83. The number of nitriles is 1. The highest BCUT2D eigenvalue weighted by Gasteiger charge is 2.48. The molecule has 0 aromatic heterocycles. The molecule has 1 fully saturated rings. The maximum atomic E-state index is 12.4. The third-order valence-electron chi connectivity index (χ3n) is 5.81. The van der Waals surface area contributed by atoms with E-state index in [1.165, 1.54) is 11.3 Å². The highest BCUT2D eigenvalue weighted by Crippen LogP contribution is 2.53. The molecular formula is C18H25NO2. The van der Waals surface area contributed by atoms with E-state index in [2.05, 4.69) is 13.0 Å². The molecule has 3 rings (SSSR count). The fourth-order valence-electron chi connectivity index (χ4n) is 4.50. The highest BCUT2D eigenvalue weighted by molar-refractivity contribution is 5.86. The normalized spacial score (nSPS) is 35.5. The van der Waals surface area contributed by atoms with E-state index in [4.69, 9.17) is 10.00 Å². The standard InChI is InChI=1S/C18H25NO2/c1-18-11-10-16-14(15(18)6-4-7-17(18)20)9-8-13(21-16)5-2-3-12-19/h13,15H,2-11H2,1H3. The number of nitrogens with zero attached hydrogens (tertiary/aromatic N) is 1. The lowest BCUT2D eigenvalue weighted by atomic mass is 9.58. The minimum atomic E-state index is -0.117. The lowest BCUT2D eigenvalue weighted by Crippen LogP contribution is -2.44. The Labute approximate surface area is 127 Å². The monoisotopic (exact) mass is 287 g/mol. The van der Waals surface area contributed by atoms with Crippen LogP contribution < -0.4 is 0 Å². The molecule has 0 aromatic rings. The number of allylic oxidation sites excluding steroid dienone is 2. The van der Waals surface area contributed by atoms with Gasteiger partial charge in [-0.3, -0.25) is 4.79 Å². The van der Waals surface area contributed by atoms with Gasteiger partial charge in [0, 0.05) is 24.7 Å². The summed E-state index contributed by atoms with van der Waals surface area (Å²) < 4.78 is 6.23. The number of Topliss-reactive ketones (excluding diaryl/α,β-unsaturated/α-hetero) is 1. The number of ketones is 1. The number of carbonyl (C=O) groups is 1. The molecule has 114 valence electrons. The van der Waals surface area contributed by atoms with Crippen molar-refractivity contribution >= 4 is 5.78 Å². The predicted molar refractivity (Wildman–Crippen MR) is 80.3 cm³/mol. The zero-order chi connectivity index (χ0) is 14.9. The summed E-state index contributed by atoms with van der Waals surface area (Å²) in [6.07, 6.45) is 9.86. The molecule has 3 heteroatoms. The summed E-state index contributed by atoms with van der Waals surface area (Å²) in [5.74, 6) is 2.10. The van der Waals surface area contributed by atoms with Crippen molar-refractivity contribution in [2.24, 2.45) is 11.3 Å². The fourth-order valence-corrected chi connectivity index (χ4v) is 4.50. The number of hydrogen-bond donors (Lipinski definition) is 0. The van der Waals surface area contributed by atoms with Gasteiger partial charge >= 0.3 is 0 Å². The lowest BCUT2D eigenvalue weighted by molar-refractivity contribution is -0.134. The Morgan fingerprint density at radius 3 is 3.00 bits per heavy atom. The van der Waals surface area contributed by atoms with Gasteiger partial charge in [0.15, 0.2) is 0 Å². The van der Waals surface area contributed by atoms with Crippen molar-refractivity contribution in [1.82, 2.24) is 0 Å². The first kappa shape index (κ1) is 14.6. The Balaban J connectivity index is 1.72. The molecule has 1 saturated carbocycles. The Morgan fingerprint density at radius 2 is 2.19 bits per heavy atom. The SMILES string of the molecule is CC12CCC3=C(CCC(CCCC#N)O3)C1CCCC2=O. The summed E-state index contributed by atoms with van der Waals surface area (Å²) in [6, 6.07) is 2.21. The van der Waals surface area contributed by atoms with Gasteiger partial charge in [0.2, 0.25) is 0 Å². The number of rotatable bonds is 3. The van der Waals surface area contributed by atoms with Crippen LogP contribution in [0.4, 0.5) is 0 Å². The molecule has 3 aliphatic rings. The minimum absolute atomic E-state index is 0.117. The van der Waals surface area contributed by atoms with Crippen LogP contribution in [0.2, 0.25) is 0 Å². The summed E-state index contributed by atoms with van der Waals surface area (Å²) in [7, 11) is 0. The first-order valence-electron chi connectivity index (χ1n) is 8.44. The van der Waals surface area contributed by atoms with Crippen LogP contribution in [0, 0.1) is 22.7 Å². The number of fused-ring (bicyclic) bond motifs is 2. The van der Waals surface area contributed by atoms with Crippen LogP contribution in [0.25, 0.3) is 0 Å². The Morgan fingerprint density at radius 1 is 1.33 bits per heavy atom. The second-order valence-corrected chi connectivity index (χ2v) is 7.06. The van der Waals surface area contributed by atoms with E-state index in [9.17, 15) is 4.79 Å². The topological polar surface area (TPSA) is 50.1 Å².